The van der Waals surface area contributed by atoms with Crippen molar-refractivity contribution in [1.82, 2.24) is 0 Å². The van der Waals surface area contributed by atoms with Gasteiger partial charge in [0.25, 0.3) is 0 Å². The number of carbonyl (C=O) groups excluding carboxylic acids is 1. The third-order valence-corrected chi connectivity index (χ3v) is 2.87. The third kappa shape index (κ3) is 5.31. The number of hydrogen-bond acceptors (Lipinski definition) is 5. The normalized spacial score (nSPS) is 13.5. The summed E-state index contributed by atoms with van der Waals surface area (Å²) in [6.45, 7) is 5.06. The minimum Gasteiger partial charge on any atom is -0.481 e. The van der Waals surface area contributed by atoms with E-state index >= 15 is 0 Å². The Kier molecular flexibility index (Phi) is 5.77. The molecular formula is C17H21NO5. The van der Waals surface area contributed by atoms with Crippen LogP contribution in [0.1, 0.15) is 26.3 Å². The van der Waals surface area contributed by atoms with Gasteiger partial charge < -0.3 is 20.3 Å². The SMILES string of the molecule is C#CCOc1ccc(CC(N)(C(=O)O)C(=O)OC(C)(C)C)cc1. The lowest BCUT2D eigenvalue weighted by molar-refractivity contribution is -0.169. The fourth-order valence-electron chi connectivity index (χ4n) is 1.75. The molecule has 0 aliphatic heterocycles. The zero-order chi connectivity index (χ0) is 17.7. The maximum Gasteiger partial charge on any atom is 0.338 e. The highest BCUT2D eigenvalue weighted by atomic mass is 16.6. The van der Waals surface area contributed by atoms with E-state index in [9.17, 15) is 14.7 Å². The number of terminal acetylenes is 1. The van der Waals surface area contributed by atoms with Crippen molar-refractivity contribution in [3.05, 3.63) is 29.8 Å². The van der Waals surface area contributed by atoms with Crippen LogP contribution in [0, 0.1) is 12.3 Å². The van der Waals surface area contributed by atoms with Crippen LogP contribution in [0.5, 0.6) is 5.75 Å². The van der Waals surface area contributed by atoms with Crippen LogP contribution in [0.4, 0.5) is 0 Å². The number of ether oxygens (including phenoxy) is 2. The van der Waals surface area contributed by atoms with Gasteiger partial charge in [0.1, 0.15) is 18.0 Å². The number of carboxylic acids is 1. The van der Waals surface area contributed by atoms with E-state index in [4.69, 9.17) is 21.6 Å². The molecule has 0 aliphatic rings. The summed E-state index contributed by atoms with van der Waals surface area (Å²) in [7, 11) is 0. The van der Waals surface area contributed by atoms with Gasteiger partial charge in [0, 0.05) is 6.42 Å². The van der Waals surface area contributed by atoms with E-state index in [1.807, 2.05) is 0 Å². The van der Waals surface area contributed by atoms with E-state index in [1.165, 1.54) is 0 Å². The molecule has 0 heterocycles. The van der Waals surface area contributed by atoms with E-state index < -0.39 is 23.1 Å². The van der Waals surface area contributed by atoms with Gasteiger partial charge in [-0.15, -0.1) is 6.42 Å². The summed E-state index contributed by atoms with van der Waals surface area (Å²) in [6, 6.07) is 6.51. The molecule has 0 aliphatic carbocycles. The first-order valence-electron chi connectivity index (χ1n) is 6.99. The van der Waals surface area contributed by atoms with Crippen LogP contribution in [0.3, 0.4) is 0 Å². The molecule has 0 fully saturated rings. The second kappa shape index (κ2) is 7.16. The number of carbonyl (C=O) groups is 2. The standard InChI is InChI=1S/C17H21NO5/c1-5-10-22-13-8-6-12(7-9-13)11-17(18,14(19)20)15(21)23-16(2,3)4/h1,6-9H,10-11,18H2,2-4H3,(H,19,20). The summed E-state index contributed by atoms with van der Waals surface area (Å²) in [5.41, 5.74) is 3.39. The van der Waals surface area contributed by atoms with Crippen LogP contribution >= 0.6 is 0 Å². The van der Waals surface area contributed by atoms with Crippen LogP contribution in [0.2, 0.25) is 0 Å². The molecule has 0 radical (unpaired) electrons. The van der Waals surface area contributed by atoms with Crippen molar-refractivity contribution >= 4 is 11.9 Å². The molecule has 1 unspecified atom stereocenters. The van der Waals surface area contributed by atoms with Crippen molar-refractivity contribution in [1.29, 1.82) is 0 Å². The molecule has 1 aromatic rings. The quantitative estimate of drug-likeness (QED) is 0.467. The van der Waals surface area contributed by atoms with Crippen molar-refractivity contribution < 1.29 is 24.2 Å². The Labute approximate surface area is 135 Å². The van der Waals surface area contributed by atoms with Gasteiger partial charge in [-0.2, -0.15) is 0 Å². The Hall–Kier alpha value is -2.52. The highest BCUT2D eigenvalue weighted by Crippen LogP contribution is 2.20. The Morgan fingerprint density at radius 1 is 1.26 bits per heavy atom. The van der Waals surface area contributed by atoms with E-state index in [0.717, 1.165) is 0 Å². The van der Waals surface area contributed by atoms with Gasteiger partial charge in [0.2, 0.25) is 5.54 Å². The number of rotatable bonds is 6. The fourth-order valence-corrected chi connectivity index (χ4v) is 1.75. The molecule has 0 spiro atoms. The summed E-state index contributed by atoms with van der Waals surface area (Å²) >= 11 is 0. The van der Waals surface area contributed by atoms with Crippen LogP contribution in [0.15, 0.2) is 24.3 Å². The molecule has 23 heavy (non-hydrogen) atoms. The molecule has 0 aromatic heterocycles. The van der Waals surface area contributed by atoms with E-state index in [1.54, 1.807) is 45.0 Å². The van der Waals surface area contributed by atoms with Crippen LogP contribution < -0.4 is 10.5 Å². The summed E-state index contributed by atoms with van der Waals surface area (Å²) in [5, 5.41) is 9.36. The van der Waals surface area contributed by atoms with E-state index in [2.05, 4.69) is 5.92 Å². The molecule has 0 bridgehead atoms. The maximum absolute atomic E-state index is 12.2. The minimum atomic E-state index is -2.16. The molecule has 6 heteroatoms. The van der Waals surface area contributed by atoms with Crippen molar-refractivity contribution in [2.24, 2.45) is 5.73 Å². The van der Waals surface area contributed by atoms with E-state index in [0.29, 0.717) is 11.3 Å². The zero-order valence-corrected chi connectivity index (χ0v) is 13.5. The summed E-state index contributed by atoms with van der Waals surface area (Å²) in [6.07, 6.45) is 4.90. The number of aliphatic carboxylic acids is 1. The molecule has 0 saturated heterocycles. The number of hydrogen-bond donors (Lipinski definition) is 2. The number of carboxylic acid groups (broad SMARTS) is 1. The highest BCUT2D eigenvalue weighted by molar-refractivity contribution is 6.04. The molecule has 3 N–H and O–H groups in total. The van der Waals surface area contributed by atoms with Gasteiger partial charge in [0.15, 0.2) is 0 Å². The third-order valence-electron chi connectivity index (χ3n) is 2.87. The summed E-state index contributed by atoms with van der Waals surface area (Å²) in [5.74, 6) is 0.457. The van der Waals surface area contributed by atoms with Crippen LogP contribution in [-0.4, -0.2) is 34.8 Å². The molecule has 1 rings (SSSR count). The lowest BCUT2D eigenvalue weighted by atomic mass is 9.91. The Morgan fingerprint density at radius 2 is 1.83 bits per heavy atom. The molecule has 1 atom stereocenters. The second-order valence-electron chi connectivity index (χ2n) is 6.09. The predicted octanol–water partition coefficient (Wildman–Crippen LogP) is 1.36. The molecule has 1 aromatic carbocycles. The van der Waals surface area contributed by atoms with Crippen LogP contribution in [0.25, 0.3) is 0 Å². The van der Waals surface area contributed by atoms with Crippen molar-refractivity contribution in [2.75, 3.05) is 6.61 Å². The fraction of sp³-hybridized carbons (Fsp3) is 0.412. The van der Waals surface area contributed by atoms with E-state index in [-0.39, 0.29) is 13.0 Å². The van der Waals surface area contributed by atoms with Gasteiger partial charge in [0.05, 0.1) is 0 Å². The Balaban J connectivity index is 2.93. The minimum absolute atomic E-state index is 0.132. The van der Waals surface area contributed by atoms with Gasteiger partial charge in [-0.3, -0.25) is 0 Å². The first-order valence-corrected chi connectivity index (χ1v) is 6.99. The lowest BCUT2D eigenvalue weighted by Gasteiger charge is -2.28. The average molecular weight is 319 g/mol. The van der Waals surface area contributed by atoms with Gasteiger partial charge in [-0.05, 0) is 38.5 Å². The van der Waals surface area contributed by atoms with Crippen molar-refractivity contribution in [3.8, 4) is 18.1 Å². The van der Waals surface area contributed by atoms with Crippen LogP contribution in [-0.2, 0) is 20.7 Å². The Bertz CT molecular complexity index is 609. The van der Waals surface area contributed by atoms with Gasteiger partial charge in [-0.25, -0.2) is 9.59 Å². The first-order chi connectivity index (χ1) is 10.6. The average Bonchev–Trinajstić information content (AvgIpc) is 2.44. The first kappa shape index (κ1) is 18.5. The molecule has 6 nitrogen and oxygen atoms in total. The maximum atomic E-state index is 12.2. The number of benzene rings is 1. The number of nitrogens with two attached hydrogens (primary N) is 1. The highest BCUT2D eigenvalue weighted by Gasteiger charge is 2.45. The summed E-state index contributed by atoms with van der Waals surface area (Å²) < 4.78 is 10.3. The van der Waals surface area contributed by atoms with Crippen molar-refractivity contribution in [3.63, 3.8) is 0 Å². The topological polar surface area (TPSA) is 98.9 Å². The molecule has 0 amide bonds. The lowest BCUT2D eigenvalue weighted by Crippen LogP contribution is -2.58. The predicted molar refractivity (Wildman–Crippen MR) is 84.9 cm³/mol. The molecule has 124 valence electrons. The largest absolute Gasteiger partial charge is 0.481 e. The summed E-state index contributed by atoms with van der Waals surface area (Å²) in [4.78, 5) is 23.6. The van der Waals surface area contributed by atoms with Gasteiger partial charge in [-0.1, -0.05) is 18.1 Å². The zero-order valence-electron chi connectivity index (χ0n) is 13.5. The monoisotopic (exact) mass is 319 g/mol. The van der Waals surface area contributed by atoms with Crippen molar-refractivity contribution in [2.45, 2.75) is 38.3 Å². The smallest absolute Gasteiger partial charge is 0.338 e. The Morgan fingerprint density at radius 3 is 2.26 bits per heavy atom. The second-order valence-corrected chi connectivity index (χ2v) is 6.09. The number of esters is 1. The van der Waals surface area contributed by atoms with Gasteiger partial charge >= 0.3 is 11.9 Å². The molecular weight excluding hydrogens is 298 g/mol. The molecule has 0 saturated carbocycles.